The van der Waals surface area contributed by atoms with Gasteiger partial charge in [-0.25, -0.2) is 9.59 Å². The van der Waals surface area contributed by atoms with Crippen LogP contribution in [0.4, 0.5) is 4.79 Å². The van der Waals surface area contributed by atoms with Crippen LogP contribution in [0.2, 0.25) is 0 Å². The van der Waals surface area contributed by atoms with Gasteiger partial charge in [-0.3, -0.25) is 0 Å². The number of carboxylic acid groups (broad SMARTS) is 1. The first-order valence-electron chi connectivity index (χ1n) is 6.95. The molecule has 0 aromatic rings. The van der Waals surface area contributed by atoms with E-state index >= 15 is 0 Å². The second kappa shape index (κ2) is 6.23. The molecule has 0 aromatic carbocycles. The lowest BCUT2D eigenvalue weighted by Crippen LogP contribution is -2.54. The average Bonchev–Trinajstić information content (AvgIpc) is 2.46. The lowest BCUT2D eigenvalue weighted by atomic mass is 10.0. The monoisotopic (exact) mass is 270 g/mol. The molecule has 1 unspecified atom stereocenters. The number of urea groups is 1. The number of nitrogens with zero attached hydrogens (tertiary/aromatic N) is 2. The maximum absolute atomic E-state index is 12.5. The molecule has 6 heteroatoms. The first-order chi connectivity index (χ1) is 9.11. The summed E-state index contributed by atoms with van der Waals surface area (Å²) in [5.41, 5.74) is 0. The third-order valence-electron chi connectivity index (χ3n) is 4.07. The topological polar surface area (TPSA) is 70.1 Å². The van der Waals surface area contributed by atoms with E-state index in [-0.39, 0.29) is 12.1 Å². The summed E-state index contributed by atoms with van der Waals surface area (Å²) in [6, 6.07) is -0.653. The SMILES string of the molecule is CN(C(=O)N1CCCCC1C(=O)O)C1CCOCC1. The van der Waals surface area contributed by atoms with Gasteiger partial charge in [-0.2, -0.15) is 0 Å². The lowest BCUT2D eigenvalue weighted by molar-refractivity contribution is -0.143. The van der Waals surface area contributed by atoms with E-state index in [0.29, 0.717) is 26.2 Å². The smallest absolute Gasteiger partial charge is 0.326 e. The Kier molecular flexibility index (Phi) is 4.63. The highest BCUT2D eigenvalue weighted by Crippen LogP contribution is 2.21. The van der Waals surface area contributed by atoms with E-state index in [1.165, 1.54) is 4.90 Å². The van der Waals surface area contributed by atoms with Gasteiger partial charge in [0.25, 0.3) is 0 Å². The van der Waals surface area contributed by atoms with Crippen molar-refractivity contribution in [3.8, 4) is 0 Å². The van der Waals surface area contributed by atoms with E-state index in [9.17, 15) is 14.7 Å². The van der Waals surface area contributed by atoms with Crippen LogP contribution < -0.4 is 0 Å². The standard InChI is InChI=1S/C13H22N2O4/c1-14(10-5-8-19-9-6-10)13(18)15-7-3-2-4-11(15)12(16)17/h10-11H,2-9H2,1H3,(H,16,17). The van der Waals surface area contributed by atoms with Crippen LogP contribution >= 0.6 is 0 Å². The first-order valence-corrected chi connectivity index (χ1v) is 6.95. The summed E-state index contributed by atoms with van der Waals surface area (Å²) >= 11 is 0. The molecule has 19 heavy (non-hydrogen) atoms. The van der Waals surface area contributed by atoms with Crippen molar-refractivity contribution < 1.29 is 19.4 Å². The summed E-state index contributed by atoms with van der Waals surface area (Å²) in [6.07, 6.45) is 3.98. The van der Waals surface area contributed by atoms with Crippen molar-refractivity contribution in [1.82, 2.24) is 9.80 Å². The molecular formula is C13H22N2O4. The minimum atomic E-state index is -0.895. The number of piperidine rings is 1. The minimum absolute atomic E-state index is 0.154. The average molecular weight is 270 g/mol. The number of carbonyl (C=O) groups is 2. The number of carboxylic acids is 1. The molecule has 2 amide bonds. The molecule has 0 aromatic heterocycles. The number of carbonyl (C=O) groups excluding carboxylic acids is 1. The van der Waals surface area contributed by atoms with Gasteiger partial charge in [0, 0.05) is 32.8 Å². The zero-order chi connectivity index (χ0) is 13.8. The molecule has 108 valence electrons. The fraction of sp³-hybridized carbons (Fsp3) is 0.846. The van der Waals surface area contributed by atoms with Crippen molar-refractivity contribution in [3.63, 3.8) is 0 Å². The molecule has 0 aliphatic carbocycles. The highest BCUT2D eigenvalue weighted by atomic mass is 16.5. The molecule has 2 fully saturated rings. The molecule has 0 bridgehead atoms. The molecular weight excluding hydrogens is 248 g/mol. The molecule has 2 aliphatic rings. The Bertz CT molecular complexity index is 342. The van der Waals surface area contributed by atoms with Crippen LogP contribution in [0.1, 0.15) is 32.1 Å². The van der Waals surface area contributed by atoms with E-state index in [2.05, 4.69) is 0 Å². The molecule has 2 heterocycles. The van der Waals surface area contributed by atoms with Gasteiger partial charge in [0.05, 0.1) is 0 Å². The Hall–Kier alpha value is -1.30. The third-order valence-corrected chi connectivity index (χ3v) is 4.07. The van der Waals surface area contributed by atoms with Crippen molar-refractivity contribution in [2.45, 2.75) is 44.2 Å². The predicted molar refractivity (Wildman–Crippen MR) is 69.0 cm³/mol. The van der Waals surface area contributed by atoms with Crippen LogP contribution in [0.15, 0.2) is 0 Å². The third kappa shape index (κ3) is 3.18. The van der Waals surface area contributed by atoms with Gasteiger partial charge in [0.2, 0.25) is 0 Å². The van der Waals surface area contributed by atoms with Gasteiger partial charge in [0.15, 0.2) is 0 Å². The number of rotatable bonds is 2. The van der Waals surface area contributed by atoms with Gasteiger partial charge in [-0.1, -0.05) is 0 Å². The molecule has 1 N–H and O–H groups in total. The quantitative estimate of drug-likeness (QED) is 0.817. The zero-order valence-corrected chi connectivity index (χ0v) is 11.4. The fourth-order valence-corrected chi connectivity index (χ4v) is 2.85. The molecule has 0 saturated carbocycles. The number of hydrogen-bond acceptors (Lipinski definition) is 3. The highest BCUT2D eigenvalue weighted by Gasteiger charge is 2.35. The first kappa shape index (κ1) is 14.1. The van der Waals surface area contributed by atoms with Crippen molar-refractivity contribution in [2.75, 3.05) is 26.8 Å². The van der Waals surface area contributed by atoms with Gasteiger partial charge >= 0.3 is 12.0 Å². The van der Waals surface area contributed by atoms with Crippen molar-refractivity contribution in [1.29, 1.82) is 0 Å². The molecule has 1 atom stereocenters. The molecule has 2 aliphatic heterocycles. The van der Waals surface area contributed by atoms with Gasteiger partial charge in [-0.15, -0.1) is 0 Å². The zero-order valence-electron chi connectivity index (χ0n) is 11.4. The molecule has 2 saturated heterocycles. The van der Waals surface area contributed by atoms with Crippen LogP contribution in [-0.2, 0) is 9.53 Å². The Labute approximate surface area is 113 Å². The maximum Gasteiger partial charge on any atom is 0.326 e. The summed E-state index contributed by atoms with van der Waals surface area (Å²) in [5, 5.41) is 9.22. The number of ether oxygens (including phenoxy) is 1. The van der Waals surface area contributed by atoms with E-state index in [0.717, 1.165) is 25.7 Å². The summed E-state index contributed by atoms with van der Waals surface area (Å²) in [5.74, 6) is -0.895. The van der Waals surface area contributed by atoms with Crippen molar-refractivity contribution in [2.24, 2.45) is 0 Å². The van der Waals surface area contributed by atoms with E-state index in [1.54, 1.807) is 11.9 Å². The fourth-order valence-electron chi connectivity index (χ4n) is 2.85. The van der Waals surface area contributed by atoms with E-state index in [4.69, 9.17) is 4.74 Å². The second-order valence-electron chi connectivity index (χ2n) is 5.28. The van der Waals surface area contributed by atoms with Gasteiger partial charge in [0.1, 0.15) is 6.04 Å². The van der Waals surface area contributed by atoms with Crippen LogP contribution in [0.25, 0.3) is 0 Å². The summed E-state index contributed by atoms with van der Waals surface area (Å²) in [7, 11) is 1.77. The number of aliphatic carboxylic acids is 1. The summed E-state index contributed by atoms with van der Waals surface area (Å²) < 4.78 is 5.29. The van der Waals surface area contributed by atoms with Crippen LogP contribution in [-0.4, -0.2) is 65.8 Å². The van der Waals surface area contributed by atoms with Crippen LogP contribution in [0, 0.1) is 0 Å². The van der Waals surface area contributed by atoms with Crippen molar-refractivity contribution >= 4 is 12.0 Å². The minimum Gasteiger partial charge on any atom is -0.480 e. The predicted octanol–water partition coefficient (Wildman–Crippen LogP) is 1.16. The largest absolute Gasteiger partial charge is 0.480 e. The number of amides is 2. The van der Waals surface area contributed by atoms with E-state index in [1.807, 2.05) is 0 Å². The summed E-state index contributed by atoms with van der Waals surface area (Å²) in [6.45, 7) is 1.89. The second-order valence-corrected chi connectivity index (χ2v) is 5.28. The normalized spacial score (nSPS) is 25.1. The van der Waals surface area contributed by atoms with Gasteiger partial charge < -0.3 is 19.6 Å². The van der Waals surface area contributed by atoms with E-state index < -0.39 is 12.0 Å². The number of likely N-dealkylation sites (tertiary alicyclic amines) is 1. The highest BCUT2D eigenvalue weighted by molar-refractivity contribution is 5.83. The molecule has 2 rings (SSSR count). The maximum atomic E-state index is 12.5. The molecule has 0 spiro atoms. The molecule has 0 radical (unpaired) electrons. The summed E-state index contributed by atoms with van der Waals surface area (Å²) in [4.78, 5) is 26.9. The van der Waals surface area contributed by atoms with Crippen molar-refractivity contribution in [3.05, 3.63) is 0 Å². The Morgan fingerprint density at radius 3 is 2.53 bits per heavy atom. The lowest BCUT2D eigenvalue weighted by Gasteiger charge is -2.39. The van der Waals surface area contributed by atoms with Crippen LogP contribution in [0.5, 0.6) is 0 Å². The van der Waals surface area contributed by atoms with Gasteiger partial charge in [-0.05, 0) is 32.1 Å². The Morgan fingerprint density at radius 1 is 1.21 bits per heavy atom. The van der Waals surface area contributed by atoms with Crippen LogP contribution in [0.3, 0.4) is 0 Å². The number of hydrogen-bond donors (Lipinski definition) is 1. The Morgan fingerprint density at radius 2 is 1.89 bits per heavy atom. The molecule has 6 nitrogen and oxygen atoms in total. The Balaban J connectivity index is 2.01.